The van der Waals surface area contributed by atoms with Crippen LogP contribution in [0.3, 0.4) is 0 Å². The molecule has 19 heavy (non-hydrogen) atoms. The number of alkyl halides is 3. The molecule has 0 aliphatic carbocycles. The zero-order chi connectivity index (χ0) is 14.7. The fourth-order valence-corrected chi connectivity index (χ4v) is 1.72. The van der Waals surface area contributed by atoms with Gasteiger partial charge in [0.15, 0.2) is 0 Å². The smallest absolute Gasteiger partial charge is 0.406 e. The van der Waals surface area contributed by atoms with Crippen molar-refractivity contribution in [1.82, 2.24) is 0 Å². The highest BCUT2D eigenvalue weighted by molar-refractivity contribution is 5.28. The molecule has 2 nitrogen and oxygen atoms in total. The normalized spacial score (nSPS) is 15.4. The lowest BCUT2D eigenvalue weighted by molar-refractivity contribution is -0.274. The number of halogens is 3. The van der Waals surface area contributed by atoms with Crippen molar-refractivity contribution in [2.24, 2.45) is 11.3 Å². The van der Waals surface area contributed by atoms with Crippen LogP contribution in [0.25, 0.3) is 0 Å². The summed E-state index contributed by atoms with van der Waals surface area (Å²) >= 11 is 0. The van der Waals surface area contributed by atoms with Crippen LogP contribution >= 0.6 is 0 Å². The standard InChI is InChI=1S/C14H19F3O2/c1-10(2)13(3,9-18)8-11-4-6-12(7-5-11)19-14(15,16)17/h4-7,10,18H,8-9H2,1-3H3. The number of hydrogen-bond acceptors (Lipinski definition) is 2. The summed E-state index contributed by atoms with van der Waals surface area (Å²) in [7, 11) is 0. The minimum absolute atomic E-state index is 0.0332. The maximum Gasteiger partial charge on any atom is 0.573 e. The van der Waals surface area contributed by atoms with Crippen molar-refractivity contribution in [2.45, 2.75) is 33.6 Å². The van der Waals surface area contributed by atoms with E-state index in [1.54, 1.807) is 12.1 Å². The second kappa shape index (κ2) is 5.82. The molecule has 0 bridgehead atoms. The Morgan fingerprint density at radius 1 is 1.16 bits per heavy atom. The lowest BCUT2D eigenvalue weighted by atomic mass is 9.75. The molecule has 1 aromatic rings. The van der Waals surface area contributed by atoms with Gasteiger partial charge >= 0.3 is 6.36 Å². The molecule has 0 fully saturated rings. The van der Waals surface area contributed by atoms with Gasteiger partial charge in [-0.2, -0.15) is 0 Å². The van der Waals surface area contributed by atoms with Gasteiger partial charge in [0.05, 0.1) is 0 Å². The summed E-state index contributed by atoms with van der Waals surface area (Å²) in [6.07, 6.45) is -4.06. The summed E-state index contributed by atoms with van der Waals surface area (Å²) < 4.78 is 39.9. The molecule has 1 atom stereocenters. The molecule has 108 valence electrons. The summed E-state index contributed by atoms with van der Waals surface area (Å²) in [5.41, 5.74) is 0.589. The SMILES string of the molecule is CC(C)C(C)(CO)Cc1ccc(OC(F)(F)F)cc1. The van der Waals surface area contributed by atoms with Gasteiger partial charge in [0.25, 0.3) is 0 Å². The van der Waals surface area contributed by atoms with Crippen molar-refractivity contribution in [3.63, 3.8) is 0 Å². The lowest BCUT2D eigenvalue weighted by Crippen LogP contribution is -2.30. The molecule has 0 saturated carbocycles. The number of rotatable bonds is 5. The van der Waals surface area contributed by atoms with E-state index in [-0.39, 0.29) is 23.7 Å². The molecule has 1 N–H and O–H groups in total. The molecule has 0 heterocycles. The summed E-state index contributed by atoms with van der Waals surface area (Å²) in [6.45, 7) is 6.01. The Morgan fingerprint density at radius 2 is 1.68 bits per heavy atom. The van der Waals surface area contributed by atoms with E-state index in [1.807, 2.05) is 20.8 Å². The van der Waals surface area contributed by atoms with Crippen molar-refractivity contribution in [2.75, 3.05) is 6.61 Å². The first-order valence-electron chi connectivity index (χ1n) is 6.12. The third-order valence-corrected chi connectivity index (χ3v) is 3.52. The molecule has 5 heteroatoms. The minimum atomic E-state index is -4.67. The van der Waals surface area contributed by atoms with Gasteiger partial charge in [-0.15, -0.1) is 13.2 Å². The van der Waals surface area contributed by atoms with Crippen molar-refractivity contribution >= 4 is 0 Å². The van der Waals surface area contributed by atoms with Gasteiger partial charge in [-0.1, -0.05) is 32.9 Å². The topological polar surface area (TPSA) is 29.5 Å². The monoisotopic (exact) mass is 276 g/mol. The number of benzene rings is 1. The van der Waals surface area contributed by atoms with E-state index >= 15 is 0 Å². The first-order valence-corrected chi connectivity index (χ1v) is 6.12. The van der Waals surface area contributed by atoms with E-state index < -0.39 is 6.36 Å². The molecular formula is C14H19F3O2. The first-order chi connectivity index (χ1) is 8.66. The van der Waals surface area contributed by atoms with Crippen molar-refractivity contribution in [1.29, 1.82) is 0 Å². The van der Waals surface area contributed by atoms with Crippen molar-refractivity contribution in [3.05, 3.63) is 29.8 Å². The van der Waals surface area contributed by atoms with E-state index in [1.165, 1.54) is 12.1 Å². The Morgan fingerprint density at radius 3 is 2.05 bits per heavy atom. The number of hydrogen-bond donors (Lipinski definition) is 1. The van der Waals surface area contributed by atoms with Crippen molar-refractivity contribution < 1.29 is 23.0 Å². The van der Waals surface area contributed by atoms with Crippen molar-refractivity contribution in [3.8, 4) is 5.75 Å². The average molecular weight is 276 g/mol. The number of ether oxygens (including phenoxy) is 1. The molecule has 0 amide bonds. The second-order valence-corrected chi connectivity index (χ2v) is 5.34. The van der Waals surface area contributed by atoms with Gasteiger partial charge in [-0.05, 0) is 35.4 Å². The van der Waals surface area contributed by atoms with Gasteiger partial charge < -0.3 is 9.84 Å². The third kappa shape index (κ3) is 4.74. The average Bonchev–Trinajstić information content (AvgIpc) is 2.29. The molecule has 0 spiro atoms. The van der Waals surface area contributed by atoms with Crippen LogP contribution in [-0.4, -0.2) is 18.1 Å². The zero-order valence-electron chi connectivity index (χ0n) is 11.3. The van der Waals surface area contributed by atoms with Gasteiger partial charge in [-0.25, -0.2) is 0 Å². The minimum Gasteiger partial charge on any atom is -0.406 e. The second-order valence-electron chi connectivity index (χ2n) is 5.34. The fraction of sp³-hybridized carbons (Fsp3) is 0.571. The Bertz CT molecular complexity index is 398. The molecule has 0 saturated heterocycles. The Hall–Kier alpha value is -1.23. The predicted octanol–water partition coefficient (Wildman–Crippen LogP) is 3.78. The fourth-order valence-electron chi connectivity index (χ4n) is 1.72. The van der Waals surface area contributed by atoms with Crippen LogP contribution in [0, 0.1) is 11.3 Å². The summed E-state index contributed by atoms with van der Waals surface area (Å²) in [5, 5.41) is 9.45. The van der Waals surface area contributed by atoms with E-state index in [0.29, 0.717) is 6.42 Å². The lowest BCUT2D eigenvalue weighted by Gasteiger charge is -2.31. The molecule has 1 rings (SSSR count). The van der Waals surface area contributed by atoms with Crippen LogP contribution in [0.5, 0.6) is 5.75 Å². The third-order valence-electron chi connectivity index (χ3n) is 3.52. The predicted molar refractivity (Wildman–Crippen MR) is 66.9 cm³/mol. The summed E-state index contributed by atoms with van der Waals surface area (Å²) in [5.74, 6) is 0.0371. The summed E-state index contributed by atoms with van der Waals surface area (Å²) in [6, 6.07) is 5.77. The highest BCUT2D eigenvalue weighted by atomic mass is 19.4. The van der Waals surface area contributed by atoms with E-state index in [2.05, 4.69) is 4.74 Å². The largest absolute Gasteiger partial charge is 0.573 e. The zero-order valence-corrected chi connectivity index (χ0v) is 11.3. The van der Waals surface area contributed by atoms with E-state index in [4.69, 9.17) is 0 Å². The molecule has 0 radical (unpaired) electrons. The van der Waals surface area contributed by atoms with Crippen LogP contribution in [0.4, 0.5) is 13.2 Å². The first kappa shape index (κ1) is 15.8. The Balaban J connectivity index is 2.77. The Kier molecular flexibility index (Phi) is 4.85. The maximum atomic E-state index is 12.0. The quantitative estimate of drug-likeness (QED) is 0.886. The highest BCUT2D eigenvalue weighted by Crippen LogP contribution is 2.31. The number of aliphatic hydroxyl groups is 1. The molecule has 1 aromatic carbocycles. The van der Waals surface area contributed by atoms with E-state index in [0.717, 1.165) is 5.56 Å². The van der Waals surface area contributed by atoms with Gasteiger partial charge in [0.2, 0.25) is 0 Å². The molecule has 0 aliphatic rings. The highest BCUT2D eigenvalue weighted by Gasteiger charge is 2.31. The van der Waals surface area contributed by atoms with Crippen LogP contribution < -0.4 is 4.74 Å². The van der Waals surface area contributed by atoms with Gasteiger partial charge in [-0.3, -0.25) is 0 Å². The van der Waals surface area contributed by atoms with Gasteiger partial charge in [0.1, 0.15) is 5.75 Å². The van der Waals surface area contributed by atoms with Gasteiger partial charge in [0, 0.05) is 6.61 Å². The van der Waals surface area contributed by atoms with Crippen LogP contribution in [0.1, 0.15) is 26.3 Å². The number of aliphatic hydroxyl groups excluding tert-OH is 1. The molecular weight excluding hydrogens is 257 g/mol. The molecule has 0 aromatic heterocycles. The van der Waals surface area contributed by atoms with Crippen LogP contribution in [0.15, 0.2) is 24.3 Å². The van der Waals surface area contributed by atoms with Crippen LogP contribution in [-0.2, 0) is 6.42 Å². The maximum absolute atomic E-state index is 12.0. The Labute approximate surface area is 111 Å². The molecule has 0 aliphatic heterocycles. The van der Waals surface area contributed by atoms with E-state index in [9.17, 15) is 18.3 Å². The summed E-state index contributed by atoms with van der Waals surface area (Å²) in [4.78, 5) is 0. The van der Waals surface area contributed by atoms with Crippen LogP contribution in [0.2, 0.25) is 0 Å². The molecule has 1 unspecified atom stereocenters.